The van der Waals surface area contributed by atoms with Gasteiger partial charge in [0.15, 0.2) is 0 Å². The van der Waals surface area contributed by atoms with E-state index in [1.807, 2.05) is 30.0 Å². The number of thiophene rings is 1. The van der Waals surface area contributed by atoms with Crippen molar-refractivity contribution in [2.75, 3.05) is 12.9 Å². The van der Waals surface area contributed by atoms with E-state index in [1.165, 1.54) is 11.3 Å². The number of nitrogens with zero attached hydrogens (tertiary/aromatic N) is 1. The standard InChI is InChI=1S/C26H22NO2PS2/c1-29-25(28)23-22-17-18-31-26(22)32-24(23)27-30(19-11-5-2-6-12-19,20-13-7-3-8-14-20)21-15-9-4-10-16-21/h2-16H,17-18H2,1H3. The van der Waals surface area contributed by atoms with Gasteiger partial charge in [-0.1, -0.05) is 91.0 Å². The molecule has 0 bridgehead atoms. The van der Waals surface area contributed by atoms with Crippen LogP contribution in [0, 0.1) is 0 Å². The van der Waals surface area contributed by atoms with Crippen LogP contribution in [-0.4, -0.2) is 18.8 Å². The molecule has 1 aromatic heterocycles. The lowest BCUT2D eigenvalue weighted by Crippen LogP contribution is -2.25. The Morgan fingerprint density at radius 1 is 0.844 bits per heavy atom. The van der Waals surface area contributed by atoms with Crippen molar-refractivity contribution in [1.82, 2.24) is 0 Å². The first-order chi connectivity index (χ1) is 15.7. The van der Waals surface area contributed by atoms with Gasteiger partial charge in [0, 0.05) is 21.7 Å². The number of rotatable bonds is 5. The van der Waals surface area contributed by atoms with E-state index in [1.54, 1.807) is 11.3 Å². The fourth-order valence-electron chi connectivity index (χ4n) is 4.09. The predicted molar refractivity (Wildman–Crippen MR) is 137 cm³/mol. The Morgan fingerprint density at radius 2 is 1.34 bits per heavy atom. The first kappa shape index (κ1) is 21.3. The molecule has 160 valence electrons. The number of methoxy groups -OCH3 is 1. The van der Waals surface area contributed by atoms with Crippen molar-refractivity contribution in [3.63, 3.8) is 0 Å². The normalized spacial score (nSPS) is 12.9. The van der Waals surface area contributed by atoms with Crippen LogP contribution in [-0.2, 0) is 11.2 Å². The van der Waals surface area contributed by atoms with Crippen molar-refractivity contribution in [1.29, 1.82) is 0 Å². The van der Waals surface area contributed by atoms with Crippen LogP contribution in [0.1, 0.15) is 15.9 Å². The van der Waals surface area contributed by atoms with Crippen LogP contribution in [0.15, 0.2) is 99.9 Å². The molecule has 6 heteroatoms. The molecule has 0 radical (unpaired) electrons. The lowest BCUT2D eigenvalue weighted by atomic mass is 10.1. The second kappa shape index (κ2) is 9.11. The van der Waals surface area contributed by atoms with Crippen molar-refractivity contribution in [3.05, 3.63) is 102 Å². The molecule has 0 amide bonds. The van der Waals surface area contributed by atoms with Crippen LogP contribution < -0.4 is 15.9 Å². The predicted octanol–water partition coefficient (Wildman–Crippen LogP) is 5.99. The number of thioether (sulfide) groups is 1. The lowest BCUT2D eigenvalue weighted by molar-refractivity contribution is 0.0601. The zero-order chi connectivity index (χ0) is 22.0. The van der Waals surface area contributed by atoms with Gasteiger partial charge in [-0.25, -0.2) is 9.54 Å². The second-order valence-electron chi connectivity index (χ2n) is 7.38. The van der Waals surface area contributed by atoms with E-state index >= 15 is 0 Å². The van der Waals surface area contributed by atoms with Gasteiger partial charge in [0.05, 0.1) is 18.4 Å². The fraction of sp³-hybridized carbons (Fsp3) is 0.115. The van der Waals surface area contributed by atoms with Gasteiger partial charge in [-0.15, -0.1) is 23.1 Å². The summed E-state index contributed by atoms with van der Waals surface area (Å²) in [5.41, 5.74) is 1.74. The SMILES string of the molecule is COC(=O)c1c(N=P(c2ccccc2)(c2ccccc2)c2ccccc2)sc2c1CCS2. The van der Waals surface area contributed by atoms with Crippen molar-refractivity contribution in [2.45, 2.75) is 10.6 Å². The van der Waals surface area contributed by atoms with E-state index in [0.29, 0.717) is 5.56 Å². The summed E-state index contributed by atoms with van der Waals surface area (Å²) in [5.74, 6) is 0.706. The summed E-state index contributed by atoms with van der Waals surface area (Å²) < 4.78 is 11.9. The molecule has 5 rings (SSSR count). The van der Waals surface area contributed by atoms with Gasteiger partial charge >= 0.3 is 5.97 Å². The number of carbonyl (C=O) groups excluding carboxylic acids is 1. The number of carbonyl (C=O) groups is 1. The van der Waals surface area contributed by atoms with E-state index in [4.69, 9.17) is 9.48 Å². The van der Waals surface area contributed by atoms with E-state index in [9.17, 15) is 4.79 Å². The van der Waals surface area contributed by atoms with Crippen molar-refractivity contribution >= 4 is 57.0 Å². The van der Waals surface area contributed by atoms with Crippen LogP contribution >= 0.6 is 30.2 Å². The average Bonchev–Trinajstić information content (AvgIpc) is 3.44. The van der Waals surface area contributed by atoms with Gasteiger partial charge in [0.2, 0.25) is 0 Å². The molecular weight excluding hydrogens is 453 g/mol. The molecule has 3 nitrogen and oxygen atoms in total. The molecule has 0 fully saturated rings. The molecule has 4 aromatic rings. The maximum atomic E-state index is 12.9. The van der Waals surface area contributed by atoms with Crippen LogP contribution in [0.3, 0.4) is 0 Å². The number of hydrogen-bond acceptors (Lipinski definition) is 5. The molecule has 0 saturated heterocycles. The molecule has 3 aromatic carbocycles. The minimum atomic E-state index is -2.43. The Morgan fingerprint density at radius 3 is 1.81 bits per heavy atom. The van der Waals surface area contributed by atoms with Crippen LogP contribution in [0.25, 0.3) is 0 Å². The molecular formula is C26H22NO2PS2. The van der Waals surface area contributed by atoms with Gasteiger partial charge < -0.3 is 4.74 Å². The Bertz CT molecular complexity index is 1200. The third-order valence-electron chi connectivity index (χ3n) is 5.56. The minimum absolute atomic E-state index is 0.295. The molecule has 0 unspecified atom stereocenters. The molecule has 0 atom stereocenters. The molecule has 0 spiro atoms. The second-order valence-corrected chi connectivity index (χ2v) is 12.8. The molecule has 0 aliphatic carbocycles. The highest BCUT2D eigenvalue weighted by molar-refractivity contribution is 8.01. The third kappa shape index (κ3) is 3.65. The largest absolute Gasteiger partial charge is 0.465 e. The van der Waals surface area contributed by atoms with Gasteiger partial charge in [-0.05, 0) is 12.0 Å². The first-order valence-corrected chi connectivity index (χ1v) is 13.9. The van der Waals surface area contributed by atoms with E-state index < -0.39 is 7.05 Å². The highest BCUT2D eigenvalue weighted by Crippen LogP contribution is 2.54. The highest BCUT2D eigenvalue weighted by Gasteiger charge is 2.32. The van der Waals surface area contributed by atoms with Gasteiger partial charge in [-0.2, -0.15) is 0 Å². The first-order valence-electron chi connectivity index (χ1n) is 10.4. The van der Waals surface area contributed by atoms with Crippen molar-refractivity contribution in [3.8, 4) is 0 Å². The maximum absolute atomic E-state index is 12.9. The third-order valence-corrected chi connectivity index (χ3v) is 11.8. The Kier molecular flexibility index (Phi) is 6.05. The molecule has 1 aliphatic rings. The van der Waals surface area contributed by atoms with Crippen LogP contribution in [0.4, 0.5) is 5.00 Å². The summed E-state index contributed by atoms with van der Waals surface area (Å²) in [6, 6.07) is 31.4. The smallest absolute Gasteiger partial charge is 0.341 e. The summed E-state index contributed by atoms with van der Waals surface area (Å²) in [4.78, 5) is 12.9. The van der Waals surface area contributed by atoms with Gasteiger partial charge in [-0.3, -0.25) is 0 Å². The number of esters is 1. The van der Waals surface area contributed by atoms with Crippen LogP contribution in [0.5, 0.6) is 0 Å². The Hall–Kier alpha value is -2.59. The van der Waals surface area contributed by atoms with Gasteiger partial charge in [0.25, 0.3) is 0 Å². The van der Waals surface area contributed by atoms with Crippen molar-refractivity contribution < 1.29 is 9.53 Å². The molecule has 2 heterocycles. The van der Waals surface area contributed by atoms with E-state index in [-0.39, 0.29) is 5.97 Å². The molecule has 0 N–H and O–H groups in total. The van der Waals surface area contributed by atoms with E-state index in [0.717, 1.165) is 38.7 Å². The molecule has 32 heavy (non-hydrogen) atoms. The number of hydrogen-bond donors (Lipinski definition) is 0. The zero-order valence-corrected chi connectivity index (χ0v) is 20.1. The summed E-state index contributed by atoms with van der Waals surface area (Å²) in [5, 5.41) is 4.26. The molecule has 0 saturated carbocycles. The van der Waals surface area contributed by atoms with E-state index in [2.05, 4.69) is 72.8 Å². The van der Waals surface area contributed by atoms with Crippen LogP contribution in [0.2, 0.25) is 0 Å². The Balaban J connectivity index is 1.91. The summed E-state index contributed by atoms with van der Waals surface area (Å²) in [6.07, 6.45) is 0.879. The lowest BCUT2D eigenvalue weighted by Gasteiger charge is -2.26. The minimum Gasteiger partial charge on any atom is -0.465 e. The summed E-state index contributed by atoms with van der Waals surface area (Å²) in [6.45, 7) is 0. The number of fused-ring (bicyclic) bond motifs is 1. The fourth-order valence-corrected chi connectivity index (χ4v) is 10.5. The van der Waals surface area contributed by atoms with Gasteiger partial charge in [0.1, 0.15) is 10.6 Å². The molecule has 1 aliphatic heterocycles. The summed E-state index contributed by atoms with van der Waals surface area (Å²) >= 11 is 3.43. The topological polar surface area (TPSA) is 38.7 Å². The quantitative estimate of drug-likeness (QED) is 0.263. The summed E-state index contributed by atoms with van der Waals surface area (Å²) in [7, 11) is -0.976. The number of benzene rings is 3. The van der Waals surface area contributed by atoms with Crippen molar-refractivity contribution in [2.24, 2.45) is 4.74 Å². The zero-order valence-electron chi connectivity index (χ0n) is 17.6. The monoisotopic (exact) mass is 475 g/mol. The maximum Gasteiger partial charge on any atom is 0.341 e. The Labute approximate surface area is 196 Å². The number of ether oxygens (including phenoxy) is 1. The average molecular weight is 476 g/mol. The highest BCUT2D eigenvalue weighted by atomic mass is 32.2.